The van der Waals surface area contributed by atoms with Gasteiger partial charge in [-0.15, -0.1) is 0 Å². The van der Waals surface area contributed by atoms with Gasteiger partial charge in [-0.1, -0.05) is 24.9 Å². The van der Waals surface area contributed by atoms with Gasteiger partial charge in [-0.05, 0) is 24.6 Å². The number of nitrogens with one attached hydrogen (secondary N) is 1. The third-order valence-corrected chi connectivity index (χ3v) is 3.41. The van der Waals surface area contributed by atoms with Gasteiger partial charge in [0.2, 0.25) is 5.91 Å². The maximum absolute atomic E-state index is 12.3. The fourth-order valence-electron chi connectivity index (χ4n) is 2.08. The van der Waals surface area contributed by atoms with Gasteiger partial charge >= 0.3 is 0 Å². The van der Waals surface area contributed by atoms with E-state index >= 15 is 0 Å². The van der Waals surface area contributed by atoms with Crippen molar-refractivity contribution in [3.05, 3.63) is 35.9 Å². The Morgan fingerprint density at radius 3 is 2.95 bits per heavy atom. The van der Waals surface area contributed by atoms with E-state index < -0.39 is 0 Å². The van der Waals surface area contributed by atoms with Crippen LogP contribution in [0.1, 0.15) is 19.8 Å². The van der Waals surface area contributed by atoms with E-state index in [0.717, 1.165) is 12.8 Å². The molecule has 0 aliphatic carbocycles. The van der Waals surface area contributed by atoms with Gasteiger partial charge in [0.05, 0.1) is 17.3 Å². The van der Waals surface area contributed by atoms with Crippen LogP contribution in [0.15, 0.2) is 30.9 Å². The van der Waals surface area contributed by atoms with E-state index in [9.17, 15) is 4.79 Å². The number of amides is 1. The summed E-state index contributed by atoms with van der Waals surface area (Å²) >= 11 is 6.02. The Morgan fingerprint density at radius 1 is 1.52 bits per heavy atom. The molecule has 2 aromatic rings. The molecule has 21 heavy (non-hydrogen) atoms. The largest absolute Gasteiger partial charge is 0.330 e. The zero-order chi connectivity index (χ0) is 15.2. The lowest BCUT2D eigenvalue weighted by molar-refractivity contribution is -0.119. The van der Waals surface area contributed by atoms with Crippen molar-refractivity contribution in [3.8, 4) is 5.69 Å². The zero-order valence-corrected chi connectivity index (χ0v) is 12.5. The number of aromatic nitrogens is 3. The molecule has 2 rings (SSSR count). The molecule has 0 aliphatic rings. The number of nitrogens with two attached hydrogens (primary N) is 1. The van der Waals surface area contributed by atoms with Gasteiger partial charge < -0.3 is 11.1 Å². The van der Waals surface area contributed by atoms with Crippen molar-refractivity contribution in [1.82, 2.24) is 14.8 Å². The van der Waals surface area contributed by atoms with Crippen LogP contribution in [-0.4, -0.2) is 27.2 Å². The Hall–Kier alpha value is -1.92. The lowest BCUT2D eigenvalue weighted by atomic mass is 10.0. The van der Waals surface area contributed by atoms with E-state index in [1.54, 1.807) is 29.2 Å². The lowest BCUT2D eigenvalue weighted by Crippen LogP contribution is -2.29. The van der Waals surface area contributed by atoms with Crippen LogP contribution in [0, 0.1) is 5.92 Å². The molecular formula is C14H18ClN5O. The number of nitrogens with zero attached hydrogens (tertiary/aromatic N) is 3. The molecule has 0 bridgehead atoms. The molecule has 1 atom stereocenters. The highest BCUT2D eigenvalue weighted by Gasteiger charge is 2.18. The summed E-state index contributed by atoms with van der Waals surface area (Å²) in [5.41, 5.74) is 6.96. The molecule has 6 nitrogen and oxygen atoms in total. The summed E-state index contributed by atoms with van der Waals surface area (Å²) < 4.78 is 1.57. The molecule has 0 aliphatic heterocycles. The minimum atomic E-state index is -0.211. The van der Waals surface area contributed by atoms with E-state index in [-0.39, 0.29) is 11.8 Å². The van der Waals surface area contributed by atoms with Crippen LogP contribution in [0.25, 0.3) is 5.69 Å². The van der Waals surface area contributed by atoms with E-state index in [1.165, 1.54) is 6.33 Å². The van der Waals surface area contributed by atoms with E-state index in [0.29, 0.717) is 22.9 Å². The standard InChI is InChI=1S/C14H18ClN5O/c1-2-3-10(7-16)14(21)19-12-6-11(15)4-5-13(12)20-9-17-8-18-20/h4-6,8-10H,2-3,7,16H2,1H3,(H,19,21). The summed E-state index contributed by atoms with van der Waals surface area (Å²) in [6, 6.07) is 5.21. The van der Waals surface area contributed by atoms with E-state index in [1.807, 2.05) is 6.92 Å². The van der Waals surface area contributed by atoms with Gasteiger partial charge in [-0.3, -0.25) is 4.79 Å². The minimum absolute atomic E-state index is 0.108. The van der Waals surface area contributed by atoms with Gasteiger partial charge in [0, 0.05) is 11.6 Å². The molecule has 3 N–H and O–H groups in total. The number of hydrogen-bond donors (Lipinski definition) is 2. The Morgan fingerprint density at radius 2 is 2.33 bits per heavy atom. The lowest BCUT2D eigenvalue weighted by Gasteiger charge is -2.16. The van der Waals surface area contributed by atoms with E-state index in [2.05, 4.69) is 15.4 Å². The van der Waals surface area contributed by atoms with Crippen molar-refractivity contribution in [2.75, 3.05) is 11.9 Å². The molecule has 0 saturated carbocycles. The van der Waals surface area contributed by atoms with Crippen molar-refractivity contribution in [1.29, 1.82) is 0 Å². The van der Waals surface area contributed by atoms with Crippen LogP contribution in [0.3, 0.4) is 0 Å². The van der Waals surface area contributed by atoms with Crippen molar-refractivity contribution < 1.29 is 4.79 Å². The van der Waals surface area contributed by atoms with Crippen molar-refractivity contribution >= 4 is 23.2 Å². The normalized spacial score (nSPS) is 12.1. The average molecular weight is 308 g/mol. The fourth-order valence-corrected chi connectivity index (χ4v) is 2.25. The fraction of sp³-hybridized carbons (Fsp3) is 0.357. The first kappa shape index (κ1) is 15.5. The second-order valence-electron chi connectivity index (χ2n) is 4.71. The molecule has 0 spiro atoms. The number of benzene rings is 1. The number of anilines is 1. The molecule has 112 valence electrons. The van der Waals surface area contributed by atoms with Crippen LogP contribution < -0.4 is 11.1 Å². The molecule has 1 unspecified atom stereocenters. The van der Waals surface area contributed by atoms with Crippen LogP contribution in [0.2, 0.25) is 5.02 Å². The summed E-state index contributed by atoms with van der Waals surface area (Å²) in [5.74, 6) is -0.319. The zero-order valence-electron chi connectivity index (χ0n) is 11.8. The van der Waals surface area contributed by atoms with Gasteiger partial charge in [0.25, 0.3) is 0 Å². The van der Waals surface area contributed by atoms with Gasteiger partial charge in [0.1, 0.15) is 12.7 Å². The quantitative estimate of drug-likeness (QED) is 0.857. The number of carbonyl (C=O) groups is 1. The summed E-state index contributed by atoms with van der Waals surface area (Å²) in [7, 11) is 0. The van der Waals surface area contributed by atoms with Gasteiger partial charge in [-0.2, -0.15) is 5.10 Å². The Balaban J connectivity index is 2.26. The predicted molar refractivity (Wildman–Crippen MR) is 82.5 cm³/mol. The van der Waals surface area contributed by atoms with Crippen molar-refractivity contribution in [2.45, 2.75) is 19.8 Å². The number of carbonyl (C=O) groups excluding carboxylic acids is 1. The number of rotatable bonds is 6. The second kappa shape index (κ2) is 7.19. The Labute approximate surface area is 128 Å². The molecule has 1 aromatic heterocycles. The number of hydrogen-bond acceptors (Lipinski definition) is 4. The van der Waals surface area contributed by atoms with Crippen molar-refractivity contribution in [3.63, 3.8) is 0 Å². The first-order valence-corrected chi connectivity index (χ1v) is 7.19. The highest BCUT2D eigenvalue weighted by Crippen LogP contribution is 2.24. The first-order chi connectivity index (χ1) is 10.2. The third kappa shape index (κ3) is 3.80. The van der Waals surface area contributed by atoms with Crippen molar-refractivity contribution in [2.24, 2.45) is 11.7 Å². The van der Waals surface area contributed by atoms with E-state index in [4.69, 9.17) is 17.3 Å². The van der Waals surface area contributed by atoms with Crippen LogP contribution in [0.4, 0.5) is 5.69 Å². The molecule has 0 saturated heterocycles. The first-order valence-electron chi connectivity index (χ1n) is 6.81. The smallest absolute Gasteiger partial charge is 0.228 e. The Kier molecular flexibility index (Phi) is 5.30. The maximum atomic E-state index is 12.3. The SMILES string of the molecule is CCCC(CN)C(=O)Nc1cc(Cl)ccc1-n1cncn1. The molecule has 0 radical (unpaired) electrons. The van der Waals surface area contributed by atoms with Crippen LogP contribution in [-0.2, 0) is 4.79 Å². The number of halogens is 1. The molecule has 7 heteroatoms. The summed E-state index contributed by atoms with van der Waals surface area (Å²) in [5, 5.41) is 7.49. The minimum Gasteiger partial charge on any atom is -0.330 e. The Bertz CT molecular complexity index is 599. The summed E-state index contributed by atoms with van der Waals surface area (Å²) in [6.45, 7) is 2.34. The predicted octanol–water partition coefficient (Wildman–Crippen LogP) is 2.23. The molecular weight excluding hydrogens is 290 g/mol. The van der Waals surface area contributed by atoms with Crippen LogP contribution in [0.5, 0.6) is 0 Å². The van der Waals surface area contributed by atoms with Crippen LogP contribution >= 0.6 is 11.6 Å². The average Bonchev–Trinajstić information content (AvgIpc) is 2.98. The molecule has 1 amide bonds. The van der Waals surface area contributed by atoms with Gasteiger partial charge in [-0.25, -0.2) is 9.67 Å². The van der Waals surface area contributed by atoms with Gasteiger partial charge in [0.15, 0.2) is 0 Å². The molecule has 0 fully saturated rings. The molecule has 1 aromatic carbocycles. The summed E-state index contributed by atoms with van der Waals surface area (Å²) in [6.07, 6.45) is 4.65. The topological polar surface area (TPSA) is 85.8 Å². The highest BCUT2D eigenvalue weighted by atomic mass is 35.5. The summed E-state index contributed by atoms with van der Waals surface area (Å²) in [4.78, 5) is 16.2. The maximum Gasteiger partial charge on any atom is 0.228 e. The second-order valence-corrected chi connectivity index (χ2v) is 5.15. The third-order valence-electron chi connectivity index (χ3n) is 3.17. The highest BCUT2D eigenvalue weighted by molar-refractivity contribution is 6.31. The molecule has 1 heterocycles. The monoisotopic (exact) mass is 307 g/mol.